The van der Waals surface area contributed by atoms with Crippen LogP contribution in [0.3, 0.4) is 0 Å². The van der Waals surface area contributed by atoms with Crippen LogP contribution in [0.15, 0.2) is 115 Å². The number of carbonyl (C=O) groups is 3. The van der Waals surface area contributed by atoms with Crippen LogP contribution in [0.1, 0.15) is 61.1 Å². The molecule has 1 aromatic heterocycles. The van der Waals surface area contributed by atoms with E-state index in [0.717, 1.165) is 27.3 Å². The van der Waals surface area contributed by atoms with Crippen LogP contribution in [0.4, 0.5) is 8.78 Å². The third kappa shape index (κ3) is 7.87. The Hall–Kier alpha value is -4.91. The van der Waals surface area contributed by atoms with Gasteiger partial charge in [-0.1, -0.05) is 103 Å². The predicted octanol–water partition coefficient (Wildman–Crippen LogP) is 7.33. The van der Waals surface area contributed by atoms with Crippen molar-refractivity contribution < 1.29 is 28.3 Å². The fourth-order valence-electron chi connectivity index (χ4n) is 7.46. The molecule has 2 fully saturated rings. The molecular formula is C44H44F2N4O4S2. The minimum Gasteiger partial charge on any atom is -0.391 e. The van der Waals surface area contributed by atoms with Crippen LogP contribution < -0.4 is 10.6 Å². The number of hydrogen-bond donors (Lipinski definition) is 3. The summed E-state index contributed by atoms with van der Waals surface area (Å²) in [5.41, 5.74) is 4.10. The fraction of sp³-hybridized carbons (Fsp3) is 0.318. The summed E-state index contributed by atoms with van der Waals surface area (Å²) in [4.78, 5) is 48.7. The van der Waals surface area contributed by atoms with E-state index in [9.17, 15) is 19.5 Å². The lowest BCUT2D eigenvalue weighted by molar-refractivity contribution is -0.143. The van der Waals surface area contributed by atoms with Gasteiger partial charge in [-0.15, -0.1) is 23.1 Å². The molecule has 5 aromatic rings. The minimum atomic E-state index is -2.09. The summed E-state index contributed by atoms with van der Waals surface area (Å²) >= 11 is 2.86. The SMILES string of the molecule is Cc1ncsc1-c1ccc(CNC(=O)[C@@H]2C[C@@H](O)CN2C(=O)C(NC(=O)C2(F)CC2)C(C)(C)SC(c2ccccc2)(c2ccccc2)c2ccccc2)c(F)c1. The molecule has 3 amide bonds. The zero-order valence-corrected chi connectivity index (χ0v) is 33.0. The molecule has 1 unspecified atom stereocenters. The van der Waals surface area contributed by atoms with Gasteiger partial charge in [-0.3, -0.25) is 14.4 Å². The summed E-state index contributed by atoms with van der Waals surface area (Å²) in [5, 5.41) is 16.4. The Balaban J connectivity index is 1.21. The molecule has 1 aliphatic carbocycles. The molecule has 1 saturated carbocycles. The number of carbonyl (C=O) groups excluding carboxylic acids is 3. The summed E-state index contributed by atoms with van der Waals surface area (Å²) in [6, 6.07) is 31.9. The van der Waals surface area contributed by atoms with Gasteiger partial charge < -0.3 is 20.6 Å². The van der Waals surface area contributed by atoms with Crippen molar-refractivity contribution in [3.8, 4) is 10.4 Å². The van der Waals surface area contributed by atoms with E-state index in [-0.39, 0.29) is 37.9 Å². The van der Waals surface area contributed by atoms with Gasteiger partial charge >= 0.3 is 0 Å². The Kier molecular flexibility index (Phi) is 11.2. The van der Waals surface area contributed by atoms with Crippen LogP contribution >= 0.6 is 23.1 Å². The molecular weight excluding hydrogens is 751 g/mol. The zero-order chi connectivity index (χ0) is 39.7. The summed E-state index contributed by atoms with van der Waals surface area (Å²) < 4.78 is 28.6. The number of aliphatic hydroxyl groups is 1. The average Bonchev–Trinajstić information content (AvgIpc) is 3.61. The maximum Gasteiger partial charge on any atom is 0.258 e. The number of amides is 3. The number of aliphatic hydroxyl groups excluding tert-OH is 1. The molecule has 1 saturated heterocycles. The Morgan fingerprint density at radius 1 is 0.946 bits per heavy atom. The third-order valence-corrected chi connectivity index (χ3v) is 13.4. The first kappa shape index (κ1) is 39.3. The predicted molar refractivity (Wildman–Crippen MR) is 216 cm³/mol. The molecule has 0 bridgehead atoms. The first-order valence-corrected chi connectivity index (χ1v) is 20.3. The summed E-state index contributed by atoms with van der Waals surface area (Å²) in [7, 11) is 0. The molecule has 12 heteroatoms. The van der Waals surface area contributed by atoms with E-state index < -0.39 is 56.9 Å². The topological polar surface area (TPSA) is 112 Å². The molecule has 3 N–H and O–H groups in total. The van der Waals surface area contributed by atoms with E-state index in [1.54, 1.807) is 17.6 Å². The smallest absolute Gasteiger partial charge is 0.258 e. The highest BCUT2D eigenvalue weighted by molar-refractivity contribution is 8.02. The van der Waals surface area contributed by atoms with Crippen molar-refractivity contribution in [2.24, 2.45) is 0 Å². The second-order valence-corrected chi connectivity index (χ2v) is 17.8. The number of alkyl halides is 1. The zero-order valence-electron chi connectivity index (χ0n) is 31.4. The fourth-order valence-corrected chi connectivity index (χ4v) is 10.1. The summed E-state index contributed by atoms with van der Waals surface area (Å²) in [5.74, 6) is -2.60. The van der Waals surface area contributed by atoms with E-state index in [4.69, 9.17) is 0 Å². The number of nitrogens with zero attached hydrogens (tertiary/aromatic N) is 2. The third-order valence-electron chi connectivity index (χ3n) is 10.6. The summed E-state index contributed by atoms with van der Waals surface area (Å²) in [6.45, 7) is 5.20. The molecule has 1 aliphatic heterocycles. The summed E-state index contributed by atoms with van der Waals surface area (Å²) in [6.07, 6.45) is -1.00. The van der Waals surface area contributed by atoms with Crippen molar-refractivity contribution in [3.05, 3.63) is 148 Å². The van der Waals surface area contributed by atoms with E-state index in [0.29, 0.717) is 5.56 Å². The van der Waals surface area contributed by atoms with Crippen LogP contribution in [0.5, 0.6) is 0 Å². The van der Waals surface area contributed by atoms with Gasteiger partial charge in [0.05, 0.1) is 26.9 Å². The van der Waals surface area contributed by atoms with Gasteiger partial charge in [-0.25, -0.2) is 13.8 Å². The van der Waals surface area contributed by atoms with Crippen LogP contribution in [-0.2, 0) is 25.7 Å². The normalized spacial score (nSPS) is 18.3. The van der Waals surface area contributed by atoms with Crippen molar-refractivity contribution >= 4 is 40.8 Å². The van der Waals surface area contributed by atoms with E-state index in [2.05, 4.69) is 15.6 Å². The van der Waals surface area contributed by atoms with Crippen LogP contribution in [-0.4, -0.2) is 67.9 Å². The number of thioether (sulfide) groups is 1. The molecule has 2 aliphatic rings. The molecule has 290 valence electrons. The monoisotopic (exact) mass is 794 g/mol. The van der Waals surface area contributed by atoms with Gasteiger partial charge in [0.25, 0.3) is 5.91 Å². The molecule has 0 spiro atoms. The largest absolute Gasteiger partial charge is 0.391 e. The maximum atomic E-state index is 15.4. The lowest BCUT2D eigenvalue weighted by Gasteiger charge is -2.45. The van der Waals surface area contributed by atoms with Crippen molar-refractivity contribution in [3.63, 3.8) is 0 Å². The first-order chi connectivity index (χ1) is 26.8. The second-order valence-electron chi connectivity index (χ2n) is 15.0. The van der Waals surface area contributed by atoms with E-state index in [1.165, 1.54) is 34.1 Å². The number of rotatable bonds is 13. The quantitative estimate of drug-likeness (QED) is 0.108. The average molecular weight is 795 g/mol. The Bertz CT molecular complexity index is 2100. The highest BCUT2D eigenvalue weighted by Gasteiger charge is 2.55. The number of nitrogens with one attached hydrogen (secondary N) is 2. The first-order valence-electron chi connectivity index (χ1n) is 18.6. The van der Waals surface area contributed by atoms with Gasteiger partial charge in [-0.05, 0) is 61.9 Å². The molecule has 2 heterocycles. The molecule has 0 radical (unpaired) electrons. The van der Waals surface area contributed by atoms with Gasteiger partial charge in [0.2, 0.25) is 11.8 Å². The number of aryl methyl sites for hydroxylation is 1. The van der Waals surface area contributed by atoms with Crippen molar-refractivity contribution in [1.29, 1.82) is 0 Å². The number of hydrogen-bond acceptors (Lipinski definition) is 7. The number of aromatic nitrogens is 1. The molecule has 8 nitrogen and oxygen atoms in total. The van der Waals surface area contributed by atoms with Crippen LogP contribution in [0.25, 0.3) is 10.4 Å². The van der Waals surface area contributed by atoms with Gasteiger partial charge in [0.1, 0.15) is 17.9 Å². The van der Waals surface area contributed by atoms with Crippen LogP contribution in [0.2, 0.25) is 0 Å². The number of likely N-dealkylation sites (tertiary alicyclic amines) is 1. The second kappa shape index (κ2) is 15.9. The molecule has 4 aromatic carbocycles. The minimum absolute atomic E-state index is 0.0458. The number of halogens is 2. The molecule has 56 heavy (non-hydrogen) atoms. The molecule has 3 atom stereocenters. The lowest BCUT2D eigenvalue weighted by atomic mass is 9.84. The lowest BCUT2D eigenvalue weighted by Crippen LogP contribution is -2.61. The van der Waals surface area contributed by atoms with Crippen molar-refractivity contribution in [2.45, 2.75) is 79.9 Å². The van der Waals surface area contributed by atoms with Gasteiger partial charge in [0, 0.05) is 29.8 Å². The highest BCUT2D eigenvalue weighted by atomic mass is 32.2. The van der Waals surface area contributed by atoms with Crippen molar-refractivity contribution in [2.75, 3.05) is 6.54 Å². The van der Waals surface area contributed by atoms with Gasteiger partial charge in [-0.2, -0.15) is 0 Å². The number of thiazole rings is 1. The van der Waals surface area contributed by atoms with E-state index >= 15 is 8.78 Å². The van der Waals surface area contributed by atoms with Gasteiger partial charge in [0.15, 0.2) is 5.67 Å². The molecule has 7 rings (SSSR count). The number of benzene rings is 4. The van der Waals surface area contributed by atoms with Crippen molar-refractivity contribution in [1.82, 2.24) is 20.5 Å². The maximum absolute atomic E-state index is 15.4. The highest BCUT2D eigenvalue weighted by Crippen LogP contribution is 2.54. The Labute approximate surface area is 333 Å². The Morgan fingerprint density at radius 2 is 1.52 bits per heavy atom. The van der Waals surface area contributed by atoms with E-state index in [1.807, 2.05) is 112 Å². The Morgan fingerprint density at radius 3 is 2.02 bits per heavy atom. The van der Waals surface area contributed by atoms with Crippen LogP contribution in [0, 0.1) is 12.7 Å². The number of β-amino-alcohol motifs (C(OH)–C–C–N with tert-alkyl or cyclic N) is 1. The standard InChI is InChI=1S/C44H44F2N4O4S2/c1-28-37(55-27-48-28)29-19-20-30(35(45)23-29)25-47-39(52)36-24-34(51)26-50(36)40(53)38(49-41(54)43(46)21-22-43)42(2,3)56-44(31-13-7-4-8-14-31,32-15-9-5-10-16-32)33-17-11-6-12-18-33/h4-20,23,27,34,36,38,51H,21-22,24-26H2,1-3H3,(H,47,52)(H,49,54)/t34-,36+,38?/m1/s1.